The Kier molecular flexibility index (Phi) is 4.12. The minimum Gasteiger partial charge on any atom is -0.481 e. The molecule has 88 valence electrons. The summed E-state index contributed by atoms with van der Waals surface area (Å²) >= 11 is 3.09. The third kappa shape index (κ3) is 3.10. The molecule has 0 aromatic carbocycles. The van der Waals surface area contributed by atoms with Gasteiger partial charge in [0.1, 0.15) is 0 Å². The second-order valence-corrected chi connectivity index (χ2v) is 4.31. The smallest absolute Gasteiger partial charge is 0.308 e. The molecular formula is C10H12BrNO4. The highest BCUT2D eigenvalue weighted by molar-refractivity contribution is 9.10. The fraction of sp³-hybridized carbons (Fsp3) is 0.400. The monoisotopic (exact) mass is 289 g/mol. The van der Waals surface area contributed by atoms with Crippen molar-refractivity contribution in [2.45, 2.75) is 6.92 Å². The normalized spacial score (nSPS) is 12.2. The Bertz CT molecular complexity index is 401. The van der Waals surface area contributed by atoms with Crippen LogP contribution in [0.3, 0.4) is 0 Å². The summed E-state index contributed by atoms with van der Waals surface area (Å²) in [4.78, 5) is 23.7. The van der Waals surface area contributed by atoms with Crippen LogP contribution in [0.5, 0.6) is 0 Å². The summed E-state index contributed by atoms with van der Waals surface area (Å²) in [5, 5.41) is 8.72. The van der Waals surface area contributed by atoms with Crippen molar-refractivity contribution in [2.75, 3.05) is 13.6 Å². The maximum absolute atomic E-state index is 11.7. The highest BCUT2D eigenvalue weighted by Gasteiger charge is 2.20. The predicted molar refractivity (Wildman–Crippen MR) is 60.2 cm³/mol. The molecule has 5 nitrogen and oxygen atoms in total. The molecule has 0 spiro atoms. The van der Waals surface area contributed by atoms with Crippen LogP contribution < -0.4 is 0 Å². The van der Waals surface area contributed by atoms with Crippen LogP contribution in [0.15, 0.2) is 21.2 Å². The molecule has 1 N–H and O–H groups in total. The van der Waals surface area contributed by atoms with Crippen LogP contribution in [0.1, 0.15) is 17.5 Å². The largest absolute Gasteiger partial charge is 0.481 e. The lowest BCUT2D eigenvalue weighted by Gasteiger charge is -2.17. The molecule has 16 heavy (non-hydrogen) atoms. The molecule has 1 unspecified atom stereocenters. The van der Waals surface area contributed by atoms with Crippen LogP contribution in [0.2, 0.25) is 0 Å². The number of furan rings is 1. The Morgan fingerprint density at radius 1 is 1.56 bits per heavy atom. The molecular weight excluding hydrogens is 278 g/mol. The fourth-order valence-electron chi connectivity index (χ4n) is 1.19. The number of hydrogen-bond acceptors (Lipinski definition) is 3. The number of carbonyl (C=O) groups excluding carboxylic acids is 1. The van der Waals surface area contributed by atoms with E-state index in [9.17, 15) is 9.59 Å². The highest BCUT2D eigenvalue weighted by atomic mass is 79.9. The summed E-state index contributed by atoms with van der Waals surface area (Å²) in [5.41, 5.74) is 0. The molecule has 1 aromatic heterocycles. The van der Waals surface area contributed by atoms with E-state index in [1.54, 1.807) is 13.0 Å². The molecule has 1 amide bonds. The van der Waals surface area contributed by atoms with E-state index in [0.29, 0.717) is 4.67 Å². The summed E-state index contributed by atoms with van der Waals surface area (Å²) in [6, 6.07) is 3.15. The van der Waals surface area contributed by atoms with Crippen molar-refractivity contribution in [1.82, 2.24) is 4.90 Å². The molecule has 0 aliphatic heterocycles. The molecule has 0 aliphatic carbocycles. The van der Waals surface area contributed by atoms with Crippen molar-refractivity contribution in [3.8, 4) is 0 Å². The number of rotatable bonds is 4. The number of aliphatic carboxylic acids is 1. The van der Waals surface area contributed by atoms with Crippen LogP contribution in [0.4, 0.5) is 0 Å². The molecule has 0 saturated carbocycles. The summed E-state index contributed by atoms with van der Waals surface area (Å²) in [6.45, 7) is 1.69. The van der Waals surface area contributed by atoms with Crippen LogP contribution in [0.25, 0.3) is 0 Å². The molecule has 1 atom stereocenters. The minimum atomic E-state index is -0.930. The van der Waals surface area contributed by atoms with Crippen LogP contribution in [-0.2, 0) is 4.79 Å². The third-order valence-corrected chi connectivity index (χ3v) is 2.53. The SMILES string of the molecule is CC(CN(C)C(=O)c1ccc(Br)o1)C(=O)O. The van der Waals surface area contributed by atoms with Gasteiger partial charge in [-0.2, -0.15) is 0 Å². The Morgan fingerprint density at radius 3 is 2.62 bits per heavy atom. The van der Waals surface area contributed by atoms with Crippen molar-refractivity contribution < 1.29 is 19.1 Å². The quantitative estimate of drug-likeness (QED) is 0.918. The number of carboxylic acid groups (broad SMARTS) is 1. The first kappa shape index (κ1) is 12.8. The number of carbonyl (C=O) groups is 2. The Hall–Kier alpha value is -1.30. The van der Waals surface area contributed by atoms with E-state index < -0.39 is 11.9 Å². The lowest BCUT2D eigenvalue weighted by atomic mass is 10.2. The first-order valence-corrected chi connectivity index (χ1v) is 5.44. The molecule has 0 aliphatic rings. The van der Waals surface area contributed by atoms with Crippen molar-refractivity contribution in [3.63, 3.8) is 0 Å². The van der Waals surface area contributed by atoms with Crippen molar-refractivity contribution in [1.29, 1.82) is 0 Å². The molecule has 0 saturated heterocycles. The van der Waals surface area contributed by atoms with E-state index in [4.69, 9.17) is 9.52 Å². The van der Waals surface area contributed by atoms with Gasteiger partial charge in [-0.25, -0.2) is 0 Å². The zero-order valence-electron chi connectivity index (χ0n) is 8.94. The van der Waals surface area contributed by atoms with Gasteiger partial charge in [0.05, 0.1) is 5.92 Å². The minimum absolute atomic E-state index is 0.145. The molecule has 1 heterocycles. The van der Waals surface area contributed by atoms with Crippen LogP contribution in [-0.4, -0.2) is 35.5 Å². The summed E-state index contributed by atoms with van der Waals surface area (Å²) in [5.74, 6) is -1.68. The van der Waals surface area contributed by atoms with E-state index >= 15 is 0 Å². The Morgan fingerprint density at radius 2 is 2.19 bits per heavy atom. The van der Waals surface area contributed by atoms with Crippen LogP contribution in [0, 0.1) is 5.92 Å². The topological polar surface area (TPSA) is 70.8 Å². The van der Waals surface area contributed by atoms with Crippen LogP contribution >= 0.6 is 15.9 Å². The second-order valence-electron chi connectivity index (χ2n) is 3.53. The highest BCUT2D eigenvalue weighted by Crippen LogP contribution is 2.15. The lowest BCUT2D eigenvalue weighted by molar-refractivity contribution is -0.141. The van der Waals surface area contributed by atoms with E-state index in [1.165, 1.54) is 18.0 Å². The summed E-state index contributed by atoms with van der Waals surface area (Å²) < 4.78 is 5.55. The molecule has 0 bridgehead atoms. The number of carboxylic acids is 1. The van der Waals surface area contributed by atoms with E-state index in [1.807, 2.05) is 0 Å². The molecule has 1 rings (SSSR count). The first-order chi connectivity index (χ1) is 7.41. The van der Waals surface area contributed by atoms with Gasteiger partial charge in [-0.1, -0.05) is 6.92 Å². The maximum Gasteiger partial charge on any atom is 0.308 e. The average molecular weight is 290 g/mol. The maximum atomic E-state index is 11.7. The van der Waals surface area contributed by atoms with Gasteiger partial charge in [-0.3, -0.25) is 9.59 Å². The van der Waals surface area contributed by atoms with Crippen molar-refractivity contribution >= 4 is 27.8 Å². The van der Waals surface area contributed by atoms with Gasteiger partial charge in [0.25, 0.3) is 5.91 Å². The zero-order chi connectivity index (χ0) is 12.3. The van der Waals surface area contributed by atoms with E-state index in [0.717, 1.165) is 0 Å². The lowest BCUT2D eigenvalue weighted by Crippen LogP contribution is -2.33. The zero-order valence-corrected chi connectivity index (χ0v) is 10.5. The Labute approximate surface area is 101 Å². The standard InChI is InChI=1S/C10H12BrNO4/c1-6(10(14)15)5-12(2)9(13)7-3-4-8(11)16-7/h3-4,6H,5H2,1-2H3,(H,14,15). The van der Waals surface area contributed by atoms with Crippen molar-refractivity contribution in [3.05, 3.63) is 22.6 Å². The average Bonchev–Trinajstić information content (AvgIpc) is 2.63. The molecule has 0 fully saturated rings. The third-order valence-electron chi connectivity index (χ3n) is 2.10. The van der Waals surface area contributed by atoms with Gasteiger partial charge >= 0.3 is 5.97 Å². The van der Waals surface area contributed by atoms with Gasteiger partial charge in [0.2, 0.25) is 0 Å². The van der Waals surface area contributed by atoms with Gasteiger partial charge in [0, 0.05) is 13.6 Å². The Balaban J connectivity index is 2.64. The summed E-state index contributed by atoms with van der Waals surface area (Å²) in [7, 11) is 1.54. The van der Waals surface area contributed by atoms with E-state index in [2.05, 4.69) is 15.9 Å². The predicted octanol–water partition coefficient (Wildman–Crippen LogP) is 1.83. The molecule has 6 heteroatoms. The first-order valence-electron chi connectivity index (χ1n) is 4.65. The number of nitrogens with zero attached hydrogens (tertiary/aromatic N) is 1. The second kappa shape index (κ2) is 5.16. The number of halogens is 1. The number of hydrogen-bond donors (Lipinski definition) is 1. The number of amides is 1. The summed E-state index contributed by atoms with van der Waals surface area (Å²) in [6.07, 6.45) is 0. The molecule has 1 aromatic rings. The van der Waals surface area contributed by atoms with Gasteiger partial charge in [-0.15, -0.1) is 0 Å². The van der Waals surface area contributed by atoms with Gasteiger partial charge < -0.3 is 14.4 Å². The fourth-order valence-corrected chi connectivity index (χ4v) is 1.50. The van der Waals surface area contributed by atoms with Gasteiger partial charge in [0.15, 0.2) is 10.4 Å². The van der Waals surface area contributed by atoms with Crippen molar-refractivity contribution in [2.24, 2.45) is 5.92 Å². The van der Waals surface area contributed by atoms with E-state index in [-0.39, 0.29) is 18.2 Å². The molecule has 0 radical (unpaired) electrons. The van der Waals surface area contributed by atoms with Gasteiger partial charge in [-0.05, 0) is 28.1 Å².